The summed E-state index contributed by atoms with van der Waals surface area (Å²) in [4.78, 5) is 17.5. The van der Waals surface area contributed by atoms with Crippen molar-refractivity contribution in [2.45, 2.75) is 19.8 Å². The molecule has 5 heteroatoms. The minimum atomic E-state index is -0.131. The number of rotatable bonds is 7. The fourth-order valence-electron chi connectivity index (χ4n) is 3.59. The molecular formula is C25H25N3O2. The molecule has 0 radical (unpaired) electrons. The zero-order chi connectivity index (χ0) is 20.9. The lowest BCUT2D eigenvalue weighted by Crippen LogP contribution is -2.13. The van der Waals surface area contributed by atoms with Crippen LogP contribution in [0.2, 0.25) is 0 Å². The van der Waals surface area contributed by atoms with E-state index in [0.717, 1.165) is 46.7 Å². The third kappa shape index (κ3) is 4.20. The number of aryl methyl sites for hydroxylation is 3. The maximum atomic E-state index is 12.7. The van der Waals surface area contributed by atoms with Gasteiger partial charge in [0, 0.05) is 24.7 Å². The highest BCUT2D eigenvalue weighted by Gasteiger charge is 2.12. The monoisotopic (exact) mass is 399 g/mol. The van der Waals surface area contributed by atoms with Gasteiger partial charge in [0.15, 0.2) is 0 Å². The maximum Gasteiger partial charge on any atom is 0.255 e. The van der Waals surface area contributed by atoms with Gasteiger partial charge in [0.1, 0.15) is 11.6 Å². The van der Waals surface area contributed by atoms with Crippen LogP contribution < -0.4 is 10.1 Å². The van der Waals surface area contributed by atoms with Gasteiger partial charge in [-0.2, -0.15) is 0 Å². The van der Waals surface area contributed by atoms with E-state index in [1.54, 1.807) is 12.1 Å². The number of carbonyl (C=O) groups excluding carboxylic acids is 1. The normalized spacial score (nSPS) is 10.9. The predicted molar refractivity (Wildman–Crippen MR) is 120 cm³/mol. The van der Waals surface area contributed by atoms with E-state index < -0.39 is 0 Å². The largest absolute Gasteiger partial charge is 0.494 e. The molecule has 3 aromatic carbocycles. The van der Waals surface area contributed by atoms with Gasteiger partial charge in [-0.3, -0.25) is 4.79 Å². The molecule has 30 heavy (non-hydrogen) atoms. The Morgan fingerprint density at radius 3 is 2.47 bits per heavy atom. The second kappa shape index (κ2) is 8.82. The van der Waals surface area contributed by atoms with Gasteiger partial charge >= 0.3 is 0 Å². The number of fused-ring (bicyclic) bond motifs is 1. The highest BCUT2D eigenvalue weighted by atomic mass is 16.5. The number of nitrogens with one attached hydrogen (secondary N) is 1. The summed E-state index contributed by atoms with van der Waals surface area (Å²) in [7, 11) is 2.05. The number of aromatic nitrogens is 2. The van der Waals surface area contributed by atoms with Gasteiger partial charge in [0.05, 0.1) is 17.6 Å². The molecule has 0 fully saturated rings. The number of hydrogen-bond acceptors (Lipinski definition) is 3. The maximum absolute atomic E-state index is 12.7. The van der Waals surface area contributed by atoms with Crippen LogP contribution in [0.25, 0.3) is 11.0 Å². The SMILES string of the molecule is CCOc1ccc(C(=O)Nc2ccccc2CCc2nc3ccccc3n2C)cc1. The first-order chi connectivity index (χ1) is 14.7. The first-order valence-corrected chi connectivity index (χ1v) is 10.2. The van der Waals surface area contributed by atoms with Crippen molar-refractivity contribution in [1.29, 1.82) is 0 Å². The van der Waals surface area contributed by atoms with Crippen molar-refractivity contribution < 1.29 is 9.53 Å². The van der Waals surface area contributed by atoms with Crippen LogP contribution >= 0.6 is 0 Å². The molecule has 0 aliphatic carbocycles. The fraction of sp³-hybridized carbons (Fsp3) is 0.200. The van der Waals surface area contributed by atoms with Gasteiger partial charge in [0.2, 0.25) is 0 Å². The van der Waals surface area contributed by atoms with Crippen molar-refractivity contribution in [3.8, 4) is 5.75 Å². The van der Waals surface area contributed by atoms with Crippen molar-refractivity contribution in [2.75, 3.05) is 11.9 Å². The molecule has 0 aliphatic rings. The number of ether oxygens (including phenoxy) is 1. The van der Waals surface area contributed by atoms with Gasteiger partial charge < -0.3 is 14.6 Å². The van der Waals surface area contributed by atoms with Crippen LogP contribution in [0, 0.1) is 0 Å². The average Bonchev–Trinajstić information content (AvgIpc) is 3.09. The molecule has 0 aliphatic heterocycles. The van der Waals surface area contributed by atoms with Crippen LogP contribution in [0.4, 0.5) is 5.69 Å². The molecule has 152 valence electrons. The molecule has 0 unspecified atom stereocenters. The highest BCUT2D eigenvalue weighted by molar-refractivity contribution is 6.04. The van der Waals surface area contributed by atoms with Gasteiger partial charge in [-0.05, 0) is 61.4 Å². The second-order valence-corrected chi connectivity index (χ2v) is 7.14. The Labute approximate surface area is 176 Å². The predicted octanol–water partition coefficient (Wildman–Crippen LogP) is 5.01. The first kappa shape index (κ1) is 19.7. The number of anilines is 1. The Hall–Kier alpha value is -3.60. The van der Waals surface area contributed by atoms with Crippen LogP contribution in [-0.4, -0.2) is 22.1 Å². The zero-order valence-electron chi connectivity index (χ0n) is 17.3. The molecular weight excluding hydrogens is 374 g/mol. The van der Waals surface area contributed by atoms with Crippen LogP contribution in [0.3, 0.4) is 0 Å². The van der Waals surface area contributed by atoms with E-state index in [1.807, 2.05) is 62.5 Å². The topological polar surface area (TPSA) is 56.1 Å². The van der Waals surface area contributed by atoms with Gasteiger partial charge in [-0.15, -0.1) is 0 Å². The van der Waals surface area contributed by atoms with Crippen molar-refractivity contribution in [2.24, 2.45) is 7.05 Å². The number of carbonyl (C=O) groups is 1. The quantitative estimate of drug-likeness (QED) is 0.475. The van der Waals surface area contributed by atoms with Gasteiger partial charge in [0.25, 0.3) is 5.91 Å². The number of imidazole rings is 1. The van der Waals surface area contributed by atoms with E-state index in [2.05, 4.69) is 22.0 Å². The summed E-state index contributed by atoms with van der Waals surface area (Å²) in [5.41, 5.74) is 4.65. The Kier molecular flexibility index (Phi) is 5.80. The van der Waals surface area contributed by atoms with E-state index in [1.165, 1.54) is 0 Å². The number of para-hydroxylation sites is 3. The van der Waals surface area contributed by atoms with E-state index in [4.69, 9.17) is 9.72 Å². The summed E-state index contributed by atoms with van der Waals surface area (Å²) >= 11 is 0. The van der Waals surface area contributed by atoms with Crippen molar-refractivity contribution in [1.82, 2.24) is 9.55 Å². The molecule has 0 atom stereocenters. The van der Waals surface area contributed by atoms with Gasteiger partial charge in [-0.25, -0.2) is 4.98 Å². The van der Waals surface area contributed by atoms with Gasteiger partial charge in [-0.1, -0.05) is 30.3 Å². The number of benzene rings is 3. The summed E-state index contributed by atoms with van der Waals surface area (Å²) in [6.45, 7) is 2.54. The lowest BCUT2D eigenvalue weighted by atomic mass is 10.1. The minimum Gasteiger partial charge on any atom is -0.494 e. The highest BCUT2D eigenvalue weighted by Crippen LogP contribution is 2.21. The minimum absolute atomic E-state index is 0.131. The number of nitrogens with zero attached hydrogens (tertiary/aromatic N) is 2. The van der Waals surface area contributed by atoms with Crippen LogP contribution in [0.5, 0.6) is 5.75 Å². The molecule has 1 N–H and O–H groups in total. The summed E-state index contributed by atoms with van der Waals surface area (Å²) in [6.07, 6.45) is 1.58. The molecule has 1 amide bonds. The van der Waals surface area contributed by atoms with Crippen molar-refractivity contribution in [3.05, 3.63) is 89.7 Å². The summed E-state index contributed by atoms with van der Waals surface area (Å²) in [5, 5.41) is 3.05. The molecule has 0 saturated carbocycles. The standard InChI is InChI=1S/C25H25N3O2/c1-3-30-20-15-12-19(13-16-20)25(29)27-21-9-5-4-8-18(21)14-17-24-26-22-10-6-7-11-23(22)28(24)2/h4-13,15-16H,3,14,17H2,1-2H3,(H,27,29). The molecule has 1 aromatic heterocycles. The zero-order valence-corrected chi connectivity index (χ0v) is 17.3. The summed E-state index contributed by atoms with van der Waals surface area (Å²) in [6, 6.07) is 23.3. The Morgan fingerprint density at radius 2 is 1.70 bits per heavy atom. The Balaban J connectivity index is 1.48. The Bertz CT molecular complexity index is 1160. The van der Waals surface area contributed by atoms with Crippen molar-refractivity contribution in [3.63, 3.8) is 0 Å². The molecule has 1 heterocycles. The third-order valence-electron chi connectivity index (χ3n) is 5.19. The summed E-state index contributed by atoms with van der Waals surface area (Å²) < 4.78 is 7.58. The first-order valence-electron chi connectivity index (χ1n) is 10.2. The lowest BCUT2D eigenvalue weighted by molar-refractivity contribution is 0.102. The molecule has 4 rings (SSSR count). The smallest absolute Gasteiger partial charge is 0.255 e. The lowest BCUT2D eigenvalue weighted by Gasteiger charge is -2.12. The van der Waals surface area contributed by atoms with E-state index >= 15 is 0 Å². The second-order valence-electron chi connectivity index (χ2n) is 7.14. The number of amides is 1. The fourth-order valence-corrected chi connectivity index (χ4v) is 3.59. The molecule has 4 aromatic rings. The number of hydrogen-bond donors (Lipinski definition) is 1. The van der Waals surface area contributed by atoms with Crippen LogP contribution in [0.1, 0.15) is 28.7 Å². The van der Waals surface area contributed by atoms with Crippen LogP contribution in [0.15, 0.2) is 72.8 Å². The third-order valence-corrected chi connectivity index (χ3v) is 5.19. The van der Waals surface area contributed by atoms with E-state index in [-0.39, 0.29) is 5.91 Å². The van der Waals surface area contributed by atoms with Crippen molar-refractivity contribution >= 4 is 22.6 Å². The Morgan fingerprint density at radius 1 is 0.967 bits per heavy atom. The van der Waals surface area contributed by atoms with E-state index in [0.29, 0.717) is 12.2 Å². The van der Waals surface area contributed by atoms with Crippen LogP contribution in [-0.2, 0) is 19.9 Å². The molecule has 0 saturated heterocycles. The summed E-state index contributed by atoms with van der Waals surface area (Å²) in [5.74, 6) is 1.66. The molecule has 5 nitrogen and oxygen atoms in total. The average molecular weight is 399 g/mol. The molecule has 0 spiro atoms. The van der Waals surface area contributed by atoms with E-state index in [9.17, 15) is 4.79 Å². The molecule has 0 bridgehead atoms.